The molecule has 300 valence electrons. The van der Waals surface area contributed by atoms with Crippen LogP contribution in [0.15, 0.2) is 42.5 Å². The van der Waals surface area contributed by atoms with E-state index in [0.717, 1.165) is 0 Å². The third-order valence-corrected chi connectivity index (χ3v) is 9.84. The van der Waals surface area contributed by atoms with Crippen molar-refractivity contribution in [3.05, 3.63) is 91.5 Å². The topological polar surface area (TPSA) is 274 Å². The maximum absolute atomic E-state index is 13.9. The maximum atomic E-state index is 13.9. The first-order valence-electron chi connectivity index (χ1n) is 17.2. The number of carbonyl (C=O) groups is 4. The fourth-order valence-corrected chi connectivity index (χ4v) is 7.03. The van der Waals surface area contributed by atoms with E-state index < -0.39 is 107 Å². The molecule has 0 aromatic heterocycles. The number of halogens is 1. The van der Waals surface area contributed by atoms with Crippen LogP contribution in [0.5, 0.6) is 23.0 Å². The van der Waals surface area contributed by atoms with Crippen molar-refractivity contribution in [3.63, 3.8) is 0 Å². The van der Waals surface area contributed by atoms with Gasteiger partial charge in [0, 0.05) is 48.4 Å². The Labute approximate surface area is 324 Å². The first-order chi connectivity index (χ1) is 26.1. The lowest BCUT2D eigenvalue weighted by atomic mass is 9.72. The number of carbonyl (C=O) groups excluding carboxylic acids is 4. The highest BCUT2D eigenvalue weighted by Crippen LogP contribution is 2.52. The number of fused-ring (bicyclic) bond motifs is 3. The molecule has 0 saturated carbocycles. The van der Waals surface area contributed by atoms with Crippen LogP contribution in [0.4, 0.5) is 0 Å². The number of methoxy groups -OCH3 is 1. The Bertz CT molecular complexity index is 2030. The Morgan fingerprint density at radius 1 is 1.04 bits per heavy atom. The number of phenolic OH excluding ortho intramolecular Hbond substituents is 2. The number of phenols is 2. The third kappa shape index (κ3) is 7.97. The summed E-state index contributed by atoms with van der Waals surface area (Å²) in [6.45, 7) is 0.549. The summed E-state index contributed by atoms with van der Waals surface area (Å²) in [6, 6.07) is 9.08. The molecule has 6 rings (SSSR count). The van der Waals surface area contributed by atoms with Gasteiger partial charge in [-0.2, -0.15) is 0 Å². The average Bonchev–Trinajstić information content (AvgIpc) is 3.15. The summed E-state index contributed by atoms with van der Waals surface area (Å²) in [6.07, 6.45) is -5.56. The van der Waals surface area contributed by atoms with Gasteiger partial charge in [0.1, 0.15) is 28.6 Å². The number of rotatable bonds is 13. The number of aromatic hydroxyl groups is 2. The van der Waals surface area contributed by atoms with E-state index in [4.69, 9.17) is 29.4 Å². The largest absolute Gasteiger partial charge is 0.507 e. The van der Waals surface area contributed by atoms with E-state index >= 15 is 0 Å². The average molecular weight is 803 g/mol. The zero-order valence-electron chi connectivity index (χ0n) is 30.0. The molecule has 56 heavy (non-hydrogen) atoms. The van der Waals surface area contributed by atoms with Crippen molar-refractivity contribution in [2.24, 2.45) is 5.73 Å². The zero-order valence-corrected chi connectivity index (χ0v) is 30.8. The minimum atomic E-state index is -2.42. The van der Waals surface area contributed by atoms with Gasteiger partial charge in [-0.3, -0.25) is 14.4 Å². The second-order valence-electron chi connectivity index (χ2n) is 13.4. The number of aliphatic hydroxyl groups excluding tert-OH is 1. The number of hydrogen-bond donors (Lipinski definition) is 5. The predicted octanol–water partition coefficient (Wildman–Crippen LogP) is 2.27. The SMILES string of the molecule is COc1cccc2c1C(=O)c1c(O)c3c(c(O)c1C2=O)C[C@@](O)(C(=O)COC(=O)c1ccc(OCCCO[N+](=O)[O-])cc1)C[C@@H]3O[C@H]1C[C@H](N)[C@H](O)[C@H](C)O1.Cl. The Morgan fingerprint density at radius 3 is 2.39 bits per heavy atom. The quantitative estimate of drug-likeness (QED) is 0.0426. The van der Waals surface area contributed by atoms with Crippen LogP contribution in [-0.4, -0.2) is 106 Å². The fourth-order valence-electron chi connectivity index (χ4n) is 7.03. The van der Waals surface area contributed by atoms with E-state index in [1.54, 1.807) is 6.92 Å². The molecule has 6 N–H and O–H groups in total. The first kappa shape index (κ1) is 41.8. The minimum Gasteiger partial charge on any atom is -0.507 e. The molecule has 1 heterocycles. The van der Waals surface area contributed by atoms with E-state index in [0.29, 0.717) is 5.75 Å². The van der Waals surface area contributed by atoms with Crippen LogP contribution in [0.2, 0.25) is 0 Å². The van der Waals surface area contributed by atoms with Gasteiger partial charge in [0.25, 0.3) is 5.09 Å². The van der Waals surface area contributed by atoms with E-state index in [-0.39, 0.29) is 72.0 Å². The molecule has 0 spiro atoms. The second kappa shape index (κ2) is 16.8. The highest BCUT2D eigenvalue weighted by molar-refractivity contribution is 6.31. The highest BCUT2D eigenvalue weighted by Gasteiger charge is 2.50. The van der Waals surface area contributed by atoms with Crippen LogP contribution in [-0.2, 0) is 30.3 Å². The standard InChI is InChI=1S/C37H38N2O16.ClH/c1-17-31(41)22(38)13-26(54-17)55-24-15-37(47,25(40)16-52-36(46)18-7-9-19(10-8-18)51-11-4-12-53-39(48)49)14-21-28(24)35(45)30-29(33(21)43)32(42)20-5-3-6-23(50-2)27(20)34(30)44;/h3,5-10,17,22,24,26,31,41,43,45,47H,4,11-16,38H2,1-2H3;1H/t17-,22-,24-,26-,31+,37-;/m0./s1. The number of Topliss-reactive ketones (excluding diaryl/α,β-unsaturated/α-hetero) is 1. The van der Waals surface area contributed by atoms with Gasteiger partial charge in [-0.1, -0.05) is 12.1 Å². The molecule has 6 atom stereocenters. The Kier molecular flexibility index (Phi) is 12.5. The molecule has 1 fully saturated rings. The Hall–Kier alpha value is -5.37. The summed E-state index contributed by atoms with van der Waals surface area (Å²) in [5.41, 5.74) is 1.94. The van der Waals surface area contributed by atoms with Crippen molar-refractivity contribution >= 4 is 35.7 Å². The van der Waals surface area contributed by atoms with Crippen molar-refractivity contribution in [1.29, 1.82) is 0 Å². The van der Waals surface area contributed by atoms with Crippen molar-refractivity contribution in [2.75, 3.05) is 26.9 Å². The van der Waals surface area contributed by atoms with Crippen molar-refractivity contribution in [3.8, 4) is 23.0 Å². The van der Waals surface area contributed by atoms with Crippen LogP contribution in [0, 0.1) is 10.1 Å². The number of nitrogens with zero attached hydrogens (tertiary/aromatic N) is 1. The third-order valence-electron chi connectivity index (χ3n) is 9.84. The lowest BCUT2D eigenvalue weighted by Crippen LogP contribution is -2.53. The number of benzene rings is 3. The van der Waals surface area contributed by atoms with Gasteiger partial charge < -0.3 is 54.7 Å². The van der Waals surface area contributed by atoms with Gasteiger partial charge in [0.2, 0.25) is 11.6 Å². The maximum Gasteiger partial charge on any atom is 0.338 e. The lowest BCUT2D eigenvalue weighted by Gasteiger charge is -2.42. The number of esters is 1. The molecule has 3 aromatic rings. The van der Waals surface area contributed by atoms with Gasteiger partial charge in [-0.05, 0) is 37.3 Å². The number of ketones is 3. The molecule has 19 heteroatoms. The monoisotopic (exact) mass is 802 g/mol. The summed E-state index contributed by atoms with van der Waals surface area (Å²) in [5, 5.41) is 55.0. The molecular weight excluding hydrogens is 764 g/mol. The second-order valence-corrected chi connectivity index (χ2v) is 13.4. The van der Waals surface area contributed by atoms with E-state index in [1.165, 1.54) is 49.6 Å². The molecule has 1 aliphatic heterocycles. The zero-order chi connectivity index (χ0) is 39.8. The van der Waals surface area contributed by atoms with Gasteiger partial charge in [-0.15, -0.1) is 22.5 Å². The van der Waals surface area contributed by atoms with Crippen LogP contribution < -0.4 is 15.2 Å². The minimum absolute atomic E-state index is 0. The highest BCUT2D eigenvalue weighted by atomic mass is 35.5. The molecule has 0 radical (unpaired) electrons. The molecule has 2 aliphatic carbocycles. The summed E-state index contributed by atoms with van der Waals surface area (Å²) in [7, 11) is 1.30. The van der Waals surface area contributed by atoms with Gasteiger partial charge in [-0.25, -0.2) is 4.79 Å². The smallest absolute Gasteiger partial charge is 0.338 e. The van der Waals surface area contributed by atoms with Crippen molar-refractivity contribution in [2.45, 2.75) is 68.9 Å². The van der Waals surface area contributed by atoms with E-state index in [1.807, 2.05) is 0 Å². The first-order valence-corrected chi connectivity index (χ1v) is 17.2. The fraction of sp³-hybridized carbons (Fsp3) is 0.405. The molecule has 0 unspecified atom stereocenters. The van der Waals surface area contributed by atoms with Gasteiger partial charge in [0.05, 0.1) is 60.9 Å². The lowest BCUT2D eigenvalue weighted by molar-refractivity contribution is -0.757. The summed E-state index contributed by atoms with van der Waals surface area (Å²) < 4.78 is 28.0. The van der Waals surface area contributed by atoms with Crippen LogP contribution in [0.3, 0.4) is 0 Å². The molecule has 3 aromatic carbocycles. The normalized spacial score (nSPS) is 23.8. The van der Waals surface area contributed by atoms with E-state index in [9.17, 15) is 49.7 Å². The number of ether oxygens (including phenoxy) is 5. The van der Waals surface area contributed by atoms with E-state index in [2.05, 4.69) is 4.84 Å². The molecule has 0 bridgehead atoms. The molecule has 3 aliphatic rings. The number of hydrogen-bond acceptors (Lipinski definition) is 17. The Balaban J connectivity index is 0.00000600. The number of nitrogens with two attached hydrogens (primary N) is 1. The van der Waals surface area contributed by atoms with Crippen molar-refractivity contribution < 1.29 is 73.2 Å². The molecular formula is C37H39ClN2O16. The van der Waals surface area contributed by atoms with Gasteiger partial charge >= 0.3 is 5.97 Å². The van der Waals surface area contributed by atoms with Crippen molar-refractivity contribution in [1.82, 2.24) is 0 Å². The molecule has 0 amide bonds. The summed E-state index contributed by atoms with van der Waals surface area (Å²) in [5.74, 6) is -4.70. The molecule has 18 nitrogen and oxygen atoms in total. The summed E-state index contributed by atoms with van der Waals surface area (Å²) >= 11 is 0. The Morgan fingerprint density at radius 2 is 1.73 bits per heavy atom. The number of aliphatic hydroxyl groups is 2. The van der Waals surface area contributed by atoms with Crippen LogP contribution in [0.1, 0.15) is 85.6 Å². The van der Waals surface area contributed by atoms with Crippen LogP contribution >= 0.6 is 12.4 Å². The summed E-state index contributed by atoms with van der Waals surface area (Å²) in [4.78, 5) is 68.8. The predicted molar refractivity (Wildman–Crippen MR) is 192 cm³/mol. The molecule has 1 saturated heterocycles. The van der Waals surface area contributed by atoms with Crippen LogP contribution in [0.25, 0.3) is 0 Å². The van der Waals surface area contributed by atoms with Gasteiger partial charge in [0.15, 0.2) is 18.7 Å².